The van der Waals surface area contributed by atoms with Crippen molar-refractivity contribution in [2.75, 3.05) is 13.7 Å². The molecule has 7 heteroatoms. The van der Waals surface area contributed by atoms with Crippen LogP contribution in [0.25, 0.3) is 0 Å². The first-order valence-electron chi connectivity index (χ1n) is 6.19. The molecule has 1 heterocycles. The van der Waals surface area contributed by atoms with Crippen molar-refractivity contribution in [1.29, 1.82) is 0 Å². The Morgan fingerprint density at radius 1 is 1.55 bits per heavy atom. The minimum Gasteiger partial charge on any atom is -0.496 e. The zero-order chi connectivity index (χ0) is 14.7. The van der Waals surface area contributed by atoms with Crippen LogP contribution in [0.15, 0.2) is 22.7 Å². The minimum absolute atomic E-state index is 0.165. The summed E-state index contributed by atoms with van der Waals surface area (Å²) >= 11 is 3.41. The first-order valence-corrected chi connectivity index (χ1v) is 6.98. The zero-order valence-corrected chi connectivity index (χ0v) is 12.8. The summed E-state index contributed by atoms with van der Waals surface area (Å²) in [5.74, 6) is 0.530. The molecule has 1 aliphatic heterocycles. The van der Waals surface area contributed by atoms with Gasteiger partial charge in [-0.3, -0.25) is 4.79 Å². The van der Waals surface area contributed by atoms with Crippen LogP contribution in [0.4, 0.5) is 4.79 Å². The van der Waals surface area contributed by atoms with Crippen LogP contribution in [-0.2, 0) is 4.79 Å². The van der Waals surface area contributed by atoms with Crippen molar-refractivity contribution in [1.82, 2.24) is 16.0 Å². The van der Waals surface area contributed by atoms with Gasteiger partial charge in [-0.15, -0.1) is 0 Å². The number of urea groups is 1. The van der Waals surface area contributed by atoms with Gasteiger partial charge in [0.25, 0.3) is 0 Å². The number of hydrogen-bond acceptors (Lipinski definition) is 3. The maximum absolute atomic E-state index is 12.0. The fourth-order valence-electron chi connectivity index (χ4n) is 1.96. The highest BCUT2D eigenvalue weighted by Gasteiger charge is 2.27. The fourth-order valence-corrected chi connectivity index (χ4v) is 2.52. The molecule has 0 spiro atoms. The Morgan fingerprint density at radius 3 is 2.85 bits per heavy atom. The molecule has 0 bridgehead atoms. The molecule has 1 saturated heterocycles. The number of halogens is 1. The summed E-state index contributed by atoms with van der Waals surface area (Å²) in [6.07, 6.45) is 0. The maximum Gasteiger partial charge on any atom is 0.315 e. The van der Waals surface area contributed by atoms with Gasteiger partial charge in [0.1, 0.15) is 11.8 Å². The molecule has 1 fully saturated rings. The summed E-state index contributed by atoms with van der Waals surface area (Å²) in [7, 11) is 1.60. The second-order valence-electron chi connectivity index (χ2n) is 4.53. The predicted molar refractivity (Wildman–Crippen MR) is 77.6 cm³/mol. The molecule has 108 valence electrons. The Balaban J connectivity index is 2.00. The summed E-state index contributed by atoms with van der Waals surface area (Å²) in [5, 5.41) is 7.97. The summed E-state index contributed by atoms with van der Waals surface area (Å²) in [4.78, 5) is 23.0. The van der Waals surface area contributed by atoms with E-state index in [1.807, 2.05) is 25.1 Å². The Morgan fingerprint density at radius 2 is 2.30 bits per heavy atom. The molecule has 3 N–H and O–H groups in total. The van der Waals surface area contributed by atoms with Crippen LogP contribution >= 0.6 is 15.9 Å². The molecular formula is C13H16BrN3O3. The van der Waals surface area contributed by atoms with Gasteiger partial charge in [0.15, 0.2) is 0 Å². The first kappa shape index (κ1) is 14.6. The van der Waals surface area contributed by atoms with E-state index in [1.165, 1.54) is 0 Å². The number of amides is 3. The van der Waals surface area contributed by atoms with Gasteiger partial charge in [-0.25, -0.2) is 4.79 Å². The highest BCUT2D eigenvalue weighted by atomic mass is 79.9. The molecule has 0 radical (unpaired) electrons. The minimum atomic E-state index is -0.522. The van der Waals surface area contributed by atoms with E-state index in [0.717, 1.165) is 15.8 Å². The molecule has 1 aliphatic rings. The van der Waals surface area contributed by atoms with Crippen LogP contribution in [-0.4, -0.2) is 31.6 Å². The van der Waals surface area contributed by atoms with Gasteiger partial charge in [0.05, 0.1) is 17.6 Å². The van der Waals surface area contributed by atoms with Gasteiger partial charge < -0.3 is 20.7 Å². The lowest BCUT2D eigenvalue weighted by Crippen LogP contribution is -2.43. The Labute approximate surface area is 125 Å². The first-order chi connectivity index (χ1) is 9.51. The second-order valence-corrected chi connectivity index (χ2v) is 5.39. The standard InChI is InChI=1S/C13H16BrN3O3/c1-7(8-3-4-11(20-2)9(14)5-8)16-12(18)10-6-15-13(19)17-10/h3-5,7,10H,6H2,1-2H3,(H,16,18)(H2,15,17,19)/t7-,10+/m1/s1. The van der Waals surface area contributed by atoms with Crippen molar-refractivity contribution in [3.63, 3.8) is 0 Å². The highest BCUT2D eigenvalue weighted by Crippen LogP contribution is 2.27. The fraction of sp³-hybridized carbons (Fsp3) is 0.385. The molecule has 6 nitrogen and oxygen atoms in total. The van der Waals surface area contributed by atoms with E-state index in [-0.39, 0.29) is 18.0 Å². The number of hydrogen-bond donors (Lipinski definition) is 3. The molecule has 1 aromatic rings. The second kappa shape index (κ2) is 6.13. The van der Waals surface area contributed by atoms with Gasteiger partial charge in [-0.05, 0) is 40.5 Å². The van der Waals surface area contributed by atoms with Gasteiger partial charge in [-0.2, -0.15) is 0 Å². The van der Waals surface area contributed by atoms with Gasteiger partial charge >= 0.3 is 6.03 Å². The van der Waals surface area contributed by atoms with E-state index in [0.29, 0.717) is 6.54 Å². The molecule has 2 rings (SSSR count). The highest BCUT2D eigenvalue weighted by molar-refractivity contribution is 9.10. The van der Waals surface area contributed by atoms with Crippen LogP contribution in [0.5, 0.6) is 5.75 Å². The van der Waals surface area contributed by atoms with Crippen molar-refractivity contribution in [3.8, 4) is 5.75 Å². The molecule has 0 aliphatic carbocycles. The summed E-state index contributed by atoms with van der Waals surface area (Å²) in [6, 6.07) is 4.62. The van der Waals surface area contributed by atoms with Gasteiger partial charge in [0.2, 0.25) is 5.91 Å². The van der Waals surface area contributed by atoms with E-state index in [4.69, 9.17) is 4.74 Å². The summed E-state index contributed by atoms with van der Waals surface area (Å²) in [5.41, 5.74) is 0.948. The number of nitrogens with one attached hydrogen (secondary N) is 3. The van der Waals surface area contributed by atoms with Crippen LogP contribution in [0.2, 0.25) is 0 Å². The molecule has 2 atom stereocenters. The molecule has 0 aromatic heterocycles. The number of rotatable bonds is 4. The summed E-state index contributed by atoms with van der Waals surface area (Å²) < 4.78 is 5.99. The van der Waals surface area contributed by atoms with E-state index in [1.54, 1.807) is 7.11 Å². The van der Waals surface area contributed by atoms with Gasteiger partial charge in [-0.1, -0.05) is 6.07 Å². The topological polar surface area (TPSA) is 79.5 Å². The van der Waals surface area contributed by atoms with Crippen molar-refractivity contribution in [3.05, 3.63) is 28.2 Å². The van der Waals surface area contributed by atoms with Crippen LogP contribution in [0.3, 0.4) is 0 Å². The summed E-state index contributed by atoms with van der Waals surface area (Å²) in [6.45, 7) is 2.19. The number of benzene rings is 1. The SMILES string of the molecule is COc1ccc([C@@H](C)NC(=O)[C@@H]2CNC(=O)N2)cc1Br. The largest absolute Gasteiger partial charge is 0.496 e. The smallest absolute Gasteiger partial charge is 0.315 e. The molecule has 3 amide bonds. The lowest BCUT2D eigenvalue weighted by molar-refractivity contribution is -0.123. The van der Waals surface area contributed by atoms with Crippen LogP contribution in [0, 0.1) is 0 Å². The Hall–Kier alpha value is -1.76. The molecule has 0 saturated carbocycles. The van der Waals surface area contributed by atoms with Crippen molar-refractivity contribution in [2.45, 2.75) is 19.0 Å². The molecule has 20 heavy (non-hydrogen) atoms. The van der Waals surface area contributed by atoms with Gasteiger partial charge in [0, 0.05) is 6.54 Å². The van der Waals surface area contributed by atoms with Crippen molar-refractivity contribution in [2.24, 2.45) is 0 Å². The molecule has 1 aromatic carbocycles. The van der Waals surface area contributed by atoms with E-state index >= 15 is 0 Å². The van der Waals surface area contributed by atoms with E-state index < -0.39 is 6.04 Å². The van der Waals surface area contributed by atoms with E-state index in [9.17, 15) is 9.59 Å². The maximum atomic E-state index is 12.0. The lowest BCUT2D eigenvalue weighted by Gasteiger charge is -2.17. The average molecular weight is 342 g/mol. The van der Waals surface area contributed by atoms with Crippen LogP contribution in [0.1, 0.15) is 18.5 Å². The van der Waals surface area contributed by atoms with Crippen LogP contribution < -0.4 is 20.7 Å². The Kier molecular flexibility index (Phi) is 4.49. The number of carbonyl (C=O) groups excluding carboxylic acids is 2. The molecular weight excluding hydrogens is 326 g/mol. The third-order valence-electron chi connectivity index (χ3n) is 3.12. The van der Waals surface area contributed by atoms with E-state index in [2.05, 4.69) is 31.9 Å². The van der Waals surface area contributed by atoms with Crippen molar-refractivity contribution < 1.29 is 14.3 Å². The normalized spacial score (nSPS) is 18.9. The Bertz CT molecular complexity index is 536. The number of ether oxygens (including phenoxy) is 1. The molecule has 0 unspecified atom stereocenters. The number of methoxy groups -OCH3 is 1. The van der Waals surface area contributed by atoms with Crippen molar-refractivity contribution >= 4 is 27.9 Å². The third kappa shape index (κ3) is 3.22. The third-order valence-corrected chi connectivity index (χ3v) is 3.74. The lowest BCUT2D eigenvalue weighted by atomic mass is 10.1. The monoisotopic (exact) mass is 341 g/mol. The average Bonchev–Trinajstić information content (AvgIpc) is 2.85. The number of carbonyl (C=O) groups is 2. The quantitative estimate of drug-likeness (QED) is 0.772. The predicted octanol–water partition coefficient (Wildman–Crippen LogP) is 1.32. The zero-order valence-electron chi connectivity index (χ0n) is 11.2.